The Morgan fingerprint density at radius 3 is 2.43 bits per heavy atom. The predicted molar refractivity (Wildman–Crippen MR) is 92.7 cm³/mol. The Balaban J connectivity index is 1.90. The molecule has 2 aromatic rings. The molecule has 1 saturated heterocycles. The fraction of sp³-hybridized carbons (Fsp3) is 0.350. The average Bonchev–Trinajstić information content (AvgIpc) is 2.62. The molecule has 1 fully saturated rings. The molecule has 0 unspecified atom stereocenters. The van der Waals surface area contributed by atoms with Crippen LogP contribution in [0.1, 0.15) is 30.1 Å². The van der Waals surface area contributed by atoms with Crippen LogP contribution in [-0.2, 0) is 0 Å². The van der Waals surface area contributed by atoms with Crippen LogP contribution in [0.2, 0.25) is 0 Å². The lowest BCUT2D eigenvalue weighted by atomic mass is 9.97. The molecule has 1 heterocycles. The summed E-state index contributed by atoms with van der Waals surface area (Å²) in [5.41, 5.74) is 2.76. The maximum absolute atomic E-state index is 12.8. The number of carbonyl (C=O) groups excluding carboxylic acids is 1. The van der Waals surface area contributed by atoms with E-state index in [0.717, 1.165) is 54.3 Å². The van der Waals surface area contributed by atoms with E-state index in [1.165, 1.54) is 0 Å². The van der Waals surface area contributed by atoms with Crippen molar-refractivity contribution in [3.8, 4) is 16.9 Å². The van der Waals surface area contributed by atoms with E-state index in [9.17, 15) is 4.79 Å². The maximum atomic E-state index is 12.8. The van der Waals surface area contributed by atoms with Gasteiger partial charge in [0.05, 0.1) is 7.11 Å². The first-order valence-corrected chi connectivity index (χ1v) is 8.22. The summed E-state index contributed by atoms with van der Waals surface area (Å²) in [6.45, 7) is 3.96. The second-order valence-corrected chi connectivity index (χ2v) is 6.26. The van der Waals surface area contributed by atoms with Gasteiger partial charge in [0.25, 0.3) is 5.91 Å². The second-order valence-electron chi connectivity index (χ2n) is 6.26. The lowest BCUT2D eigenvalue weighted by molar-refractivity contribution is 0.0697. The Kier molecular flexibility index (Phi) is 4.65. The summed E-state index contributed by atoms with van der Waals surface area (Å²) in [4.78, 5) is 14.7. The maximum Gasteiger partial charge on any atom is 0.253 e. The molecule has 0 aromatic heterocycles. The highest BCUT2D eigenvalue weighted by Gasteiger charge is 2.22. The van der Waals surface area contributed by atoms with E-state index in [0.29, 0.717) is 0 Å². The van der Waals surface area contributed by atoms with Gasteiger partial charge in [0, 0.05) is 24.2 Å². The van der Waals surface area contributed by atoms with E-state index in [2.05, 4.69) is 6.92 Å². The summed E-state index contributed by atoms with van der Waals surface area (Å²) < 4.78 is 5.47. The minimum absolute atomic E-state index is 0.122. The van der Waals surface area contributed by atoms with Gasteiger partial charge in [-0.15, -0.1) is 0 Å². The first-order chi connectivity index (χ1) is 11.2. The van der Waals surface area contributed by atoms with E-state index in [-0.39, 0.29) is 5.91 Å². The van der Waals surface area contributed by atoms with Gasteiger partial charge in [0.2, 0.25) is 0 Å². The minimum atomic E-state index is 0.122. The number of hydrogen-bond donors (Lipinski definition) is 0. The molecule has 1 aliphatic heterocycles. The monoisotopic (exact) mass is 309 g/mol. The standard InChI is InChI=1S/C20H23NO2/c1-15-10-12-21(13-11-15)20(22)17-8-9-19(23-2)18(14-17)16-6-4-3-5-7-16/h3-9,14-15H,10-13H2,1-2H3. The summed E-state index contributed by atoms with van der Waals surface area (Å²) >= 11 is 0. The van der Waals surface area contributed by atoms with Gasteiger partial charge in [-0.2, -0.15) is 0 Å². The van der Waals surface area contributed by atoms with Crippen LogP contribution < -0.4 is 4.74 Å². The number of piperidine rings is 1. The molecule has 0 spiro atoms. The van der Waals surface area contributed by atoms with Gasteiger partial charge >= 0.3 is 0 Å². The van der Waals surface area contributed by atoms with Gasteiger partial charge in [-0.25, -0.2) is 0 Å². The van der Waals surface area contributed by atoms with Crippen molar-refractivity contribution in [2.75, 3.05) is 20.2 Å². The molecular formula is C20H23NO2. The molecule has 0 bridgehead atoms. The normalized spacial score (nSPS) is 15.5. The highest BCUT2D eigenvalue weighted by Crippen LogP contribution is 2.31. The first kappa shape index (κ1) is 15.6. The zero-order valence-electron chi connectivity index (χ0n) is 13.8. The molecule has 1 amide bonds. The van der Waals surface area contributed by atoms with Crippen LogP contribution in [0.3, 0.4) is 0 Å². The Hall–Kier alpha value is -2.29. The number of carbonyl (C=O) groups is 1. The highest BCUT2D eigenvalue weighted by molar-refractivity contribution is 5.96. The summed E-state index contributed by atoms with van der Waals surface area (Å²) in [7, 11) is 1.66. The van der Waals surface area contributed by atoms with Crippen LogP contribution in [0.5, 0.6) is 5.75 Å². The molecule has 23 heavy (non-hydrogen) atoms. The van der Waals surface area contributed by atoms with E-state index < -0.39 is 0 Å². The van der Waals surface area contributed by atoms with E-state index in [1.54, 1.807) is 7.11 Å². The quantitative estimate of drug-likeness (QED) is 0.849. The Morgan fingerprint density at radius 2 is 1.78 bits per heavy atom. The zero-order chi connectivity index (χ0) is 16.2. The third kappa shape index (κ3) is 3.39. The minimum Gasteiger partial charge on any atom is -0.496 e. The van der Waals surface area contributed by atoms with E-state index in [1.807, 2.05) is 53.4 Å². The Morgan fingerprint density at radius 1 is 1.09 bits per heavy atom. The SMILES string of the molecule is COc1ccc(C(=O)N2CCC(C)CC2)cc1-c1ccccc1. The smallest absolute Gasteiger partial charge is 0.253 e. The molecule has 1 aliphatic rings. The van der Waals surface area contributed by atoms with E-state index >= 15 is 0 Å². The molecule has 3 heteroatoms. The van der Waals surface area contributed by atoms with Crippen molar-refractivity contribution in [1.82, 2.24) is 4.90 Å². The largest absolute Gasteiger partial charge is 0.496 e. The van der Waals surface area contributed by atoms with Crippen molar-refractivity contribution in [3.05, 3.63) is 54.1 Å². The van der Waals surface area contributed by atoms with Gasteiger partial charge in [-0.1, -0.05) is 37.3 Å². The van der Waals surface area contributed by atoms with Crippen LogP contribution in [0.4, 0.5) is 0 Å². The summed E-state index contributed by atoms with van der Waals surface area (Å²) in [6.07, 6.45) is 2.18. The molecule has 2 aromatic carbocycles. The van der Waals surface area contributed by atoms with Gasteiger partial charge in [-0.3, -0.25) is 4.79 Å². The Bertz CT molecular complexity index is 673. The van der Waals surface area contributed by atoms with Crippen LogP contribution in [0, 0.1) is 5.92 Å². The number of likely N-dealkylation sites (tertiary alicyclic amines) is 1. The van der Waals surface area contributed by atoms with Crippen LogP contribution in [0.25, 0.3) is 11.1 Å². The van der Waals surface area contributed by atoms with Gasteiger partial charge in [0.15, 0.2) is 0 Å². The molecule has 0 saturated carbocycles. The number of methoxy groups -OCH3 is 1. The van der Waals surface area contributed by atoms with Crippen LogP contribution in [0.15, 0.2) is 48.5 Å². The summed E-state index contributed by atoms with van der Waals surface area (Å²) in [5.74, 6) is 1.63. The molecule has 0 N–H and O–H groups in total. The van der Waals surface area contributed by atoms with Gasteiger partial charge < -0.3 is 9.64 Å². The van der Waals surface area contributed by atoms with Crippen molar-refractivity contribution in [2.45, 2.75) is 19.8 Å². The molecule has 0 atom stereocenters. The number of rotatable bonds is 3. The van der Waals surface area contributed by atoms with Crippen molar-refractivity contribution in [3.63, 3.8) is 0 Å². The van der Waals surface area contributed by atoms with Crippen LogP contribution >= 0.6 is 0 Å². The summed E-state index contributed by atoms with van der Waals surface area (Å²) in [6, 6.07) is 15.8. The molecule has 0 aliphatic carbocycles. The lowest BCUT2D eigenvalue weighted by Crippen LogP contribution is -2.37. The highest BCUT2D eigenvalue weighted by atomic mass is 16.5. The molecule has 120 valence electrons. The average molecular weight is 309 g/mol. The van der Waals surface area contributed by atoms with Crippen LogP contribution in [-0.4, -0.2) is 31.0 Å². The molecule has 3 rings (SSSR count). The third-order valence-corrected chi connectivity index (χ3v) is 4.60. The second kappa shape index (κ2) is 6.86. The third-order valence-electron chi connectivity index (χ3n) is 4.60. The topological polar surface area (TPSA) is 29.5 Å². The fourth-order valence-electron chi connectivity index (χ4n) is 3.08. The number of nitrogens with zero attached hydrogens (tertiary/aromatic N) is 1. The number of hydrogen-bond acceptors (Lipinski definition) is 2. The number of benzene rings is 2. The molecule has 3 nitrogen and oxygen atoms in total. The molecule has 0 radical (unpaired) electrons. The lowest BCUT2D eigenvalue weighted by Gasteiger charge is -2.30. The van der Waals surface area contributed by atoms with Gasteiger partial charge in [0.1, 0.15) is 5.75 Å². The van der Waals surface area contributed by atoms with Gasteiger partial charge in [-0.05, 0) is 42.5 Å². The number of ether oxygens (including phenoxy) is 1. The van der Waals surface area contributed by atoms with Crippen molar-refractivity contribution in [2.24, 2.45) is 5.92 Å². The van der Waals surface area contributed by atoms with Crippen molar-refractivity contribution in [1.29, 1.82) is 0 Å². The van der Waals surface area contributed by atoms with Crippen molar-refractivity contribution >= 4 is 5.91 Å². The predicted octanol–water partition coefficient (Wildman–Crippen LogP) is 4.23. The fourth-order valence-corrected chi connectivity index (χ4v) is 3.08. The zero-order valence-corrected chi connectivity index (χ0v) is 13.8. The number of amides is 1. The first-order valence-electron chi connectivity index (χ1n) is 8.22. The Labute approximate surface area is 137 Å². The summed E-state index contributed by atoms with van der Waals surface area (Å²) in [5, 5.41) is 0. The van der Waals surface area contributed by atoms with Crippen molar-refractivity contribution < 1.29 is 9.53 Å². The molecular weight excluding hydrogens is 286 g/mol. The van der Waals surface area contributed by atoms with E-state index in [4.69, 9.17) is 4.74 Å².